The molecule has 5 rings (SSSR count). The molecule has 1 amide bonds. The second-order valence-corrected chi connectivity index (χ2v) is 8.28. The second-order valence-electron chi connectivity index (χ2n) is 8.28. The van der Waals surface area contributed by atoms with E-state index in [0.29, 0.717) is 42.3 Å². The lowest BCUT2D eigenvalue weighted by Crippen LogP contribution is -2.46. The van der Waals surface area contributed by atoms with Crippen LogP contribution in [-0.4, -0.2) is 57.8 Å². The number of carbonyl (C=O) groups is 2. The zero-order valence-corrected chi connectivity index (χ0v) is 18.0. The van der Waals surface area contributed by atoms with Gasteiger partial charge in [-0.15, -0.1) is 0 Å². The lowest BCUT2D eigenvalue weighted by molar-refractivity contribution is 0.0386. The first-order chi connectivity index (χ1) is 15.5. The molecule has 2 aliphatic heterocycles. The first kappa shape index (κ1) is 20.3. The van der Waals surface area contributed by atoms with Crippen molar-refractivity contribution in [2.75, 3.05) is 20.2 Å². The van der Waals surface area contributed by atoms with Crippen LogP contribution in [0.3, 0.4) is 0 Å². The van der Waals surface area contributed by atoms with Gasteiger partial charge in [0.15, 0.2) is 5.78 Å². The van der Waals surface area contributed by atoms with Crippen molar-refractivity contribution >= 4 is 11.7 Å². The van der Waals surface area contributed by atoms with Crippen LogP contribution in [-0.2, 0) is 7.05 Å². The maximum atomic E-state index is 13.1. The highest BCUT2D eigenvalue weighted by Gasteiger charge is 2.37. The van der Waals surface area contributed by atoms with Gasteiger partial charge in [-0.05, 0) is 31.0 Å². The maximum Gasteiger partial charge on any atom is 0.292 e. The van der Waals surface area contributed by atoms with Crippen LogP contribution in [0.2, 0.25) is 0 Å². The number of amides is 1. The highest BCUT2D eigenvalue weighted by molar-refractivity contribution is 6.00. The number of hydrogen-bond acceptors (Lipinski definition) is 7. The van der Waals surface area contributed by atoms with Crippen LogP contribution in [0.25, 0.3) is 11.3 Å². The van der Waals surface area contributed by atoms with Gasteiger partial charge in [-0.1, -0.05) is 5.16 Å². The molecule has 2 unspecified atom stereocenters. The van der Waals surface area contributed by atoms with Crippen LogP contribution in [0.1, 0.15) is 40.2 Å². The molecule has 1 saturated heterocycles. The van der Waals surface area contributed by atoms with Gasteiger partial charge < -0.3 is 18.9 Å². The molecule has 0 saturated carbocycles. The zero-order valence-electron chi connectivity index (χ0n) is 18.0. The Morgan fingerprint density at radius 1 is 1.28 bits per heavy atom. The minimum absolute atomic E-state index is 0.0370. The van der Waals surface area contributed by atoms with Crippen LogP contribution >= 0.6 is 0 Å². The number of aromatic nitrogens is 3. The number of carbonyl (C=O) groups excluding carboxylic acids is 2. The average Bonchev–Trinajstić information content (AvgIpc) is 3.47. The third-order valence-electron chi connectivity index (χ3n) is 6.14. The Morgan fingerprint density at radius 2 is 2.16 bits per heavy atom. The largest absolute Gasteiger partial charge is 0.497 e. The van der Waals surface area contributed by atoms with Gasteiger partial charge in [-0.3, -0.25) is 14.3 Å². The predicted octanol–water partition coefficient (Wildman–Crippen LogP) is 2.97. The molecule has 3 aromatic rings. The lowest BCUT2D eigenvalue weighted by Gasteiger charge is -2.38. The number of likely N-dealkylation sites (tertiary alicyclic amines) is 1. The van der Waals surface area contributed by atoms with E-state index in [-0.39, 0.29) is 29.5 Å². The Balaban J connectivity index is 1.29. The van der Waals surface area contributed by atoms with E-state index in [1.165, 1.54) is 0 Å². The summed E-state index contributed by atoms with van der Waals surface area (Å²) in [7, 11) is 3.39. The Hall–Kier alpha value is -3.62. The smallest absolute Gasteiger partial charge is 0.292 e. The van der Waals surface area contributed by atoms with Crippen molar-refractivity contribution in [3.05, 3.63) is 48.0 Å². The predicted molar refractivity (Wildman–Crippen MR) is 114 cm³/mol. The van der Waals surface area contributed by atoms with Crippen LogP contribution in [0.15, 0.2) is 41.2 Å². The number of aryl methyl sites for hydroxylation is 1. The Labute approximate surface area is 184 Å². The van der Waals surface area contributed by atoms with Crippen molar-refractivity contribution in [1.29, 1.82) is 0 Å². The summed E-state index contributed by atoms with van der Waals surface area (Å²) >= 11 is 0. The zero-order chi connectivity index (χ0) is 22.2. The first-order valence-corrected chi connectivity index (χ1v) is 10.6. The molecular formula is C23H24N4O5. The highest BCUT2D eigenvalue weighted by atomic mass is 16.5. The van der Waals surface area contributed by atoms with E-state index in [4.69, 9.17) is 14.0 Å². The molecule has 0 aliphatic carbocycles. The molecule has 0 bridgehead atoms. The van der Waals surface area contributed by atoms with Crippen LogP contribution < -0.4 is 9.47 Å². The molecule has 2 atom stereocenters. The van der Waals surface area contributed by atoms with Crippen LogP contribution in [0.5, 0.6) is 11.5 Å². The van der Waals surface area contributed by atoms with Gasteiger partial charge in [-0.2, -0.15) is 5.10 Å². The molecule has 0 spiro atoms. The number of ether oxygens (including phenoxy) is 2. The average molecular weight is 436 g/mol. The summed E-state index contributed by atoms with van der Waals surface area (Å²) in [4.78, 5) is 27.6. The standard InChI is InChI=1S/C23H24N4O5/c1-26-12-15(11-24-26)18-9-22(32-25-18)23(29)27-7-3-4-14(13-27)21-10-19(28)17-8-16(30-2)5-6-20(17)31-21/h5-6,8-9,11-12,14,21H,3-4,7,10,13H2,1-2H3. The fraction of sp³-hybridized carbons (Fsp3) is 0.391. The quantitative estimate of drug-likeness (QED) is 0.620. The monoisotopic (exact) mass is 436 g/mol. The number of benzene rings is 1. The number of Topliss-reactive ketones (excluding diaryl/α,β-unsaturated/α-hetero) is 1. The summed E-state index contributed by atoms with van der Waals surface area (Å²) in [6, 6.07) is 6.93. The minimum Gasteiger partial charge on any atom is -0.497 e. The van der Waals surface area contributed by atoms with Crippen LogP contribution in [0.4, 0.5) is 0 Å². The summed E-state index contributed by atoms with van der Waals surface area (Å²) in [5.41, 5.74) is 1.91. The number of hydrogen-bond donors (Lipinski definition) is 0. The van der Waals surface area contributed by atoms with E-state index < -0.39 is 0 Å². The fourth-order valence-electron chi connectivity index (χ4n) is 4.44. The van der Waals surface area contributed by atoms with Crippen molar-refractivity contribution < 1.29 is 23.6 Å². The van der Waals surface area contributed by atoms with Gasteiger partial charge >= 0.3 is 0 Å². The molecule has 0 radical (unpaired) electrons. The van der Waals surface area contributed by atoms with E-state index >= 15 is 0 Å². The molecule has 4 heterocycles. The third kappa shape index (κ3) is 3.74. The molecule has 1 fully saturated rings. The van der Waals surface area contributed by atoms with Crippen molar-refractivity contribution in [2.45, 2.75) is 25.4 Å². The summed E-state index contributed by atoms with van der Waals surface area (Å²) in [5.74, 6) is 1.30. The van der Waals surface area contributed by atoms with Crippen molar-refractivity contribution in [3.8, 4) is 22.8 Å². The van der Waals surface area contributed by atoms with Gasteiger partial charge in [0.05, 0.1) is 18.9 Å². The van der Waals surface area contributed by atoms with Gasteiger partial charge in [-0.25, -0.2) is 0 Å². The van der Waals surface area contributed by atoms with E-state index in [2.05, 4.69) is 10.3 Å². The van der Waals surface area contributed by atoms with Crippen molar-refractivity contribution in [2.24, 2.45) is 13.0 Å². The van der Waals surface area contributed by atoms with Crippen molar-refractivity contribution in [1.82, 2.24) is 19.8 Å². The lowest BCUT2D eigenvalue weighted by atomic mass is 9.86. The second kappa shape index (κ2) is 8.14. The molecule has 9 nitrogen and oxygen atoms in total. The van der Waals surface area contributed by atoms with Gasteiger partial charge in [0.25, 0.3) is 5.91 Å². The number of rotatable bonds is 4. The summed E-state index contributed by atoms with van der Waals surface area (Å²) < 4.78 is 18.4. The van der Waals surface area contributed by atoms with Crippen molar-refractivity contribution in [3.63, 3.8) is 0 Å². The molecule has 9 heteroatoms. The Kier molecular flexibility index (Phi) is 5.16. The van der Waals surface area contributed by atoms with E-state index in [0.717, 1.165) is 18.4 Å². The van der Waals surface area contributed by atoms with Gasteiger partial charge in [0.1, 0.15) is 23.3 Å². The number of ketones is 1. The molecule has 2 aliphatic rings. The summed E-state index contributed by atoms with van der Waals surface area (Å²) in [6.45, 7) is 1.14. The summed E-state index contributed by atoms with van der Waals surface area (Å²) in [6.07, 6.45) is 5.25. The molecule has 1 aromatic carbocycles. The fourth-order valence-corrected chi connectivity index (χ4v) is 4.44. The Bertz CT molecular complexity index is 1170. The molecular weight excluding hydrogens is 412 g/mol. The normalized spacial score (nSPS) is 20.6. The topological polar surface area (TPSA) is 99.7 Å². The Morgan fingerprint density at radius 3 is 2.94 bits per heavy atom. The molecule has 166 valence electrons. The SMILES string of the molecule is COc1ccc2c(c1)C(=O)CC(C1CCCN(C(=O)c3cc(-c4cnn(C)c4)no3)C1)O2. The van der Waals surface area contributed by atoms with E-state index in [1.807, 2.05) is 13.2 Å². The summed E-state index contributed by atoms with van der Waals surface area (Å²) in [5, 5.41) is 8.14. The van der Waals surface area contributed by atoms with E-state index in [9.17, 15) is 9.59 Å². The van der Waals surface area contributed by atoms with Crippen LogP contribution in [0, 0.1) is 5.92 Å². The molecule has 0 N–H and O–H groups in total. The third-order valence-corrected chi connectivity index (χ3v) is 6.14. The van der Waals surface area contributed by atoms with E-state index in [1.54, 1.807) is 47.2 Å². The first-order valence-electron chi connectivity index (χ1n) is 10.6. The number of fused-ring (bicyclic) bond motifs is 1. The highest BCUT2D eigenvalue weighted by Crippen LogP contribution is 2.35. The molecule has 32 heavy (non-hydrogen) atoms. The maximum absolute atomic E-state index is 13.1. The van der Waals surface area contributed by atoms with Gasteiger partial charge in [0, 0.05) is 50.3 Å². The number of methoxy groups -OCH3 is 1. The van der Waals surface area contributed by atoms with Gasteiger partial charge in [0.2, 0.25) is 5.76 Å². The molecule has 2 aromatic heterocycles. The number of piperidine rings is 1. The number of nitrogens with zero attached hydrogens (tertiary/aromatic N) is 4. The minimum atomic E-state index is -0.264.